The van der Waals surface area contributed by atoms with Gasteiger partial charge in [-0.3, -0.25) is 4.79 Å². The van der Waals surface area contributed by atoms with E-state index < -0.39 is 6.10 Å². The van der Waals surface area contributed by atoms with Gasteiger partial charge < -0.3 is 20.5 Å². The van der Waals surface area contributed by atoms with Gasteiger partial charge in [0.15, 0.2) is 6.10 Å². The van der Waals surface area contributed by atoms with Gasteiger partial charge in [0, 0.05) is 6.54 Å². The lowest BCUT2D eigenvalue weighted by atomic mass is 10.0. The first-order chi connectivity index (χ1) is 10.8. The van der Waals surface area contributed by atoms with Gasteiger partial charge in [-0.15, -0.1) is 12.4 Å². The molecule has 6 heteroatoms. The standard InChI is InChI=1S/C17H20N2O3.ClH/c18-10-15(19-17(20)16-11-21-7-8-22-16)14-6-5-12-3-1-2-4-13(12)9-14;/h1-6,9,15-16H,7-8,10-11,18H2,(H,19,20);1H. The summed E-state index contributed by atoms with van der Waals surface area (Å²) in [5.74, 6) is -0.177. The largest absolute Gasteiger partial charge is 0.376 e. The molecule has 0 bridgehead atoms. The van der Waals surface area contributed by atoms with Crippen LogP contribution < -0.4 is 11.1 Å². The van der Waals surface area contributed by atoms with Crippen LogP contribution >= 0.6 is 12.4 Å². The van der Waals surface area contributed by atoms with Crippen molar-refractivity contribution >= 4 is 29.1 Å². The van der Waals surface area contributed by atoms with Gasteiger partial charge in [-0.1, -0.05) is 36.4 Å². The molecule has 2 aromatic rings. The molecular formula is C17H21ClN2O3. The minimum atomic E-state index is -0.553. The second-order valence-corrected chi connectivity index (χ2v) is 5.34. The number of nitrogens with one attached hydrogen (secondary N) is 1. The lowest BCUT2D eigenvalue weighted by Crippen LogP contribution is -2.45. The predicted molar refractivity (Wildman–Crippen MR) is 91.7 cm³/mol. The third kappa shape index (κ3) is 4.20. The van der Waals surface area contributed by atoms with Crippen molar-refractivity contribution < 1.29 is 14.3 Å². The zero-order valence-electron chi connectivity index (χ0n) is 12.7. The zero-order valence-corrected chi connectivity index (χ0v) is 13.6. The maximum Gasteiger partial charge on any atom is 0.252 e. The first-order valence-corrected chi connectivity index (χ1v) is 7.46. The van der Waals surface area contributed by atoms with Crippen LogP contribution in [0.5, 0.6) is 0 Å². The van der Waals surface area contributed by atoms with Gasteiger partial charge in [0.2, 0.25) is 0 Å². The van der Waals surface area contributed by atoms with Crippen molar-refractivity contribution in [3.8, 4) is 0 Å². The Morgan fingerprint density at radius 3 is 2.70 bits per heavy atom. The lowest BCUT2D eigenvalue weighted by Gasteiger charge is -2.25. The van der Waals surface area contributed by atoms with Crippen LogP contribution in [-0.4, -0.2) is 38.4 Å². The number of ether oxygens (including phenoxy) is 2. The third-order valence-corrected chi connectivity index (χ3v) is 3.84. The number of carbonyl (C=O) groups excluding carboxylic acids is 1. The summed E-state index contributed by atoms with van der Waals surface area (Å²) in [5.41, 5.74) is 6.83. The van der Waals surface area contributed by atoms with Gasteiger partial charge in [-0.05, 0) is 22.4 Å². The van der Waals surface area contributed by atoms with Crippen LogP contribution in [0.3, 0.4) is 0 Å². The number of amides is 1. The summed E-state index contributed by atoms with van der Waals surface area (Å²) in [5, 5.41) is 5.24. The molecule has 0 aliphatic carbocycles. The zero-order chi connectivity index (χ0) is 15.4. The van der Waals surface area contributed by atoms with Gasteiger partial charge in [-0.2, -0.15) is 0 Å². The van der Waals surface area contributed by atoms with Crippen molar-refractivity contribution in [2.45, 2.75) is 12.1 Å². The fourth-order valence-corrected chi connectivity index (χ4v) is 2.61. The Morgan fingerprint density at radius 2 is 2.00 bits per heavy atom. The summed E-state index contributed by atoms with van der Waals surface area (Å²) in [6.45, 7) is 1.61. The van der Waals surface area contributed by atoms with Crippen LogP contribution in [0.4, 0.5) is 0 Å². The Hall–Kier alpha value is -1.66. The smallest absolute Gasteiger partial charge is 0.252 e. The molecule has 1 heterocycles. The molecule has 0 aromatic heterocycles. The molecule has 0 spiro atoms. The molecule has 1 fully saturated rings. The van der Waals surface area contributed by atoms with Crippen molar-refractivity contribution in [2.24, 2.45) is 5.73 Å². The number of hydrogen-bond acceptors (Lipinski definition) is 4. The second kappa shape index (κ2) is 8.26. The summed E-state index contributed by atoms with van der Waals surface area (Å²) in [7, 11) is 0. The molecule has 2 unspecified atom stereocenters. The van der Waals surface area contributed by atoms with Gasteiger partial charge in [0.1, 0.15) is 0 Å². The molecule has 3 N–H and O–H groups in total. The van der Waals surface area contributed by atoms with Gasteiger partial charge in [0.25, 0.3) is 5.91 Å². The van der Waals surface area contributed by atoms with E-state index in [4.69, 9.17) is 15.2 Å². The second-order valence-electron chi connectivity index (χ2n) is 5.34. The fourth-order valence-electron chi connectivity index (χ4n) is 2.61. The summed E-state index contributed by atoms with van der Waals surface area (Å²) >= 11 is 0. The summed E-state index contributed by atoms with van der Waals surface area (Å²) in [6, 6.07) is 14.0. The molecule has 2 atom stereocenters. The molecule has 124 valence electrons. The number of nitrogens with two attached hydrogens (primary N) is 1. The molecule has 23 heavy (non-hydrogen) atoms. The Balaban J connectivity index is 0.00000192. The van der Waals surface area contributed by atoms with Crippen molar-refractivity contribution in [1.29, 1.82) is 0 Å². The van der Waals surface area contributed by atoms with E-state index in [2.05, 4.69) is 17.4 Å². The Bertz CT molecular complexity index is 659. The van der Waals surface area contributed by atoms with Crippen LogP contribution in [-0.2, 0) is 14.3 Å². The highest BCUT2D eigenvalue weighted by molar-refractivity contribution is 5.85. The SMILES string of the molecule is Cl.NCC(NC(=O)C1COCCO1)c1ccc2ccccc2c1. The Morgan fingerprint density at radius 1 is 1.22 bits per heavy atom. The molecule has 3 rings (SSSR count). The minimum absolute atomic E-state index is 0. The number of rotatable bonds is 4. The molecule has 0 saturated carbocycles. The van der Waals surface area contributed by atoms with Gasteiger partial charge in [-0.25, -0.2) is 0 Å². The monoisotopic (exact) mass is 336 g/mol. The van der Waals surface area contributed by atoms with Crippen molar-refractivity contribution in [2.75, 3.05) is 26.4 Å². The fraction of sp³-hybridized carbons (Fsp3) is 0.353. The van der Waals surface area contributed by atoms with Crippen LogP contribution in [0.25, 0.3) is 10.8 Å². The molecule has 1 aliphatic rings. The number of benzene rings is 2. The van der Waals surface area contributed by atoms with Crippen LogP contribution in [0, 0.1) is 0 Å². The number of carbonyl (C=O) groups is 1. The van der Waals surface area contributed by atoms with E-state index in [1.54, 1.807) is 0 Å². The van der Waals surface area contributed by atoms with Crippen molar-refractivity contribution in [1.82, 2.24) is 5.32 Å². The molecule has 5 nitrogen and oxygen atoms in total. The first-order valence-electron chi connectivity index (χ1n) is 7.46. The normalized spacial score (nSPS) is 18.9. The average Bonchev–Trinajstić information content (AvgIpc) is 2.59. The molecule has 1 aliphatic heterocycles. The summed E-state index contributed by atoms with van der Waals surface area (Å²) in [6.07, 6.45) is -0.553. The van der Waals surface area contributed by atoms with E-state index in [-0.39, 0.29) is 24.4 Å². The maximum absolute atomic E-state index is 12.2. The first kappa shape index (κ1) is 17.7. The average molecular weight is 337 g/mol. The van der Waals surface area contributed by atoms with E-state index in [1.165, 1.54) is 0 Å². The van der Waals surface area contributed by atoms with E-state index in [0.29, 0.717) is 26.4 Å². The van der Waals surface area contributed by atoms with Crippen LogP contribution in [0.2, 0.25) is 0 Å². The minimum Gasteiger partial charge on any atom is -0.376 e. The van der Waals surface area contributed by atoms with E-state index in [9.17, 15) is 4.79 Å². The predicted octanol–water partition coefficient (Wildman–Crippen LogP) is 1.79. The van der Waals surface area contributed by atoms with E-state index in [1.807, 2.05) is 30.3 Å². The number of hydrogen-bond donors (Lipinski definition) is 2. The summed E-state index contributed by atoms with van der Waals surface area (Å²) in [4.78, 5) is 12.2. The highest BCUT2D eigenvalue weighted by atomic mass is 35.5. The Labute approximate surface area is 141 Å². The molecule has 1 saturated heterocycles. The maximum atomic E-state index is 12.2. The van der Waals surface area contributed by atoms with Crippen LogP contribution in [0.15, 0.2) is 42.5 Å². The molecule has 0 radical (unpaired) electrons. The van der Waals surface area contributed by atoms with Gasteiger partial charge >= 0.3 is 0 Å². The summed E-state index contributed by atoms with van der Waals surface area (Å²) < 4.78 is 10.7. The lowest BCUT2D eigenvalue weighted by molar-refractivity contribution is -0.148. The highest BCUT2D eigenvalue weighted by Gasteiger charge is 2.25. The topological polar surface area (TPSA) is 73.6 Å². The van der Waals surface area contributed by atoms with Gasteiger partial charge in [0.05, 0.1) is 25.9 Å². The highest BCUT2D eigenvalue weighted by Crippen LogP contribution is 2.20. The quantitative estimate of drug-likeness (QED) is 0.892. The molecule has 2 aromatic carbocycles. The van der Waals surface area contributed by atoms with E-state index in [0.717, 1.165) is 16.3 Å². The third-order valence-electron chi connectivity index (χ3n) is 3.84. The Kier molecular flexibility index (Phi) is 6.36. The van der Waals surface area contributed by atoms with E-state index >= 15 is 0 Å². The van der Waals surface area contributed by atoms with Crippen LogP contribution in [0.1, 0.15) is 11.6 Å². The number of fused-ring (bicyclic) bond motifs is 1. The molecule has 1 amide bonds. The molecular weight excluding hydrogens is 316 g/mol. The number of halogens is 1. The van der Waals surface area contributed by atoms with Crippen molar-refractivity contribution in [3.05, 3.63) is 48.0 Å². The van der Waals surface area contributed by atoms with Crippen molar-refractivity contribution in [3.63, 3.8) is 0 Å².